The molecule has 0 amide bonds. The van der Waals surface area contributed by atoms with Gasteiger partial charge in [0.1, 0.15) is 22.6 Å². The van der Waals surface area contributed by atoms with E-state index in [1.807, 2.05) is 19.9 Å². The molecule has 7 nitrogen and oxygen atoms in total. The Balaban J connectivity index is 1.82. The highest BCUT2D eigenvalue weighted by Crippen LogP contribution is 2.29. The van der Waals surface area contributed by atoms with Gasteiger partial charge in [-0.2, -0.15) is 4.31 Å². The minimum Gasteiger partial charge on any atom is -0.495 e. The van der Waals surface area contributed by atoms with Crippen LogP contribution in [0.4, 0.5) is 4.39 Å². The van der Waals surface area contributed by atoms with Crippen LogP contribution in [0.5, 0.6) is 11.8 Å². The van der Waals surface area contributed by atoms with Crippen molar-refractivity contribution in [2.45, 2.75) is 37.7 Å². The van der Waals surface area contributed by atoms with E-state index in [0.717, 1.165) is 23.5 Å². The fraction of sp³-hybridized carbons (Fsp3) is 0.444. The summed E-state index contributed by atoms with van der Waals surface area (Å²) in [5.74, 6) is -0.528. The van der Waals surface area contributed by atoms with Gasteiger partial charge in [-0.1, -0.05) is 0 Å². The molecular weight excluding hydrogens is 373 g/mol. The summed E-state index contributed by atoms with van der Waals surface area (Å²) in [5.41, 5.74) is 1.56. The lowest BCUT2D eigenvalue weighted by Crippen LogP contribution is -2.44. The number of halogens is 1. The number of nitrogens with zero attached hydrogens (tertiary/aromatic N) is 3. The maximum absolute atomic E-state index is 13.6. The highest BCUT2D eigenvalue weighted by atomic mass is 32.2. The van der Waals surface area contributed by atoms with Crippen LogP contribution in [-0.4, -0.2) is 49.0 Å². The van der Waals surface area contributed by atoms with Crippen LogP contribution in [0.15, 0.2) is 29.2 Å². The SMILES string of the molecule is COc1ccc(F)cc1S(=O)(=O)N1CCCC(Oc2nc(C)cc(C)n2)C1. The Morgan fingerprint density at radius 3 is 2.56 bits per heavy atom. The minimum atomic E-state index is -3.92. The summed E-state index contributed by atoms with van der Waals surface area (Å²) in [4.78, 5) is 8.30. The quantitative estimate of drug-likeness (QED) is 0.774. The Morgan fingerprint density at radius 1 is 1.19 bits per heavy atom. The largest absolute Gasteiger partial charge is 0.495 e. The van der Waals surface area contributed by atoms with Crippen LogP contribution in [0, 0.1) is 19.7 Å². The van der Waals surface area contributed by atoms with E-state index >= 15 is 0 Å². The molecule has 0 radical (unpaired) electrons. The van der Waals surface area contributed by atoms with Gasteiger partial charge in [0, 0.05) is 17.9 Å². The maximum atomic E-state index is 13.6. The molecule has 1 aliphatic heterocycles. The molecule has 3 rings (SSSR count). The summed E-state index contributed by atoms with van der Waals surface area (Å²) in [6.07, 6.45) is 0.920. The van der Waals surface area contributed by atoms with Gasteiger partial charge in [0.2, 0.25) is 10.0 Å². The molecular formula is C18H22FN3O4S. The van der Waals surface area contributed by atoms with Gasteiger partial charge in [-0.3, -0.25) is 0 Å². The molecule has 1 atom stereocenters. The zero-order valence-electron chi connectivity index (χ0n) is 15.5. The number of ether oxygens (including phenoxy) is 2. The van der Waals surface area contributed by atoms with Gasteiger partial charge in [-0.25, -0.2) is 22.8 Å². The second-order valence-corrected chi connectivity index (χ2v) is 8.38. The molecule has 0 bridgehead atoms. The molecule has 1 aromatic carbocycles. The minimum absolute atomic E-state index is 0.108. The summed E-state index contributed by atoms with van der Waals surface area (Å²) in [6.45, 7) is 4.15. The Bertz CT molecular complexity index is 916. The van der Waals surface area contributed by atoms with Crippen molar-refractivity contribution in [2.24, 2.45) is 0 Å². The van der Waals surface area contributed by atoms with E-state index in [0.29, 0.717) is 19.4 Å². The number of hydrogen-bond acceptors (Lipinski definition) is 6. The second-order valence-electron chi connectivity index (χ2n) is 6.47. The van der Waals surface area contributed by atoms with Crippen LogP contribution in [0.1, 0.15) is 24.2 Å². The Labute approximate surface area is 158 Å². The van der Waals surface area contributed by atoms with Gasteiger partial charge in [0.25, 0.3) is 0 Å². The monoisotopic (exact) mass is 395 g/mol. The molecule has 1 aliphatic rings. The molecule has 1 fully saturated rings. The lowest BCUT2D eigenvalue weighted by atomic mass is 10.1. The first-order valence-corrected chi connectivity index (χ1v) is 10.1. The van der Waals surface area contributed by atoms with E-state index in [-0.39, 0.29) is 29.3 Å². The van der Waals surface area contributed by atoms with Gasteiger partial charge in [0.05, 0.1) is 13.7 Å². The number of aromatic nitrogens is 2. The van der Waals surface area contributed by atoms with Gasteiger partial charge >= 0.3 is 6.01 Å². The van der Waals surface area contributed by atoms with E-state index in [1.165, 1.54) is 17.5 Å². The zero-order chi connectivity index (χ0) is 19.6. The van der Waals surface area contributed by atoms with Crippen molar-refractivity contribution in [3.8, 4) is 11.8 Å². The number of benzene rings is 1. The van der Waals surface area contributed by atoms with Crippen molar-refractivity contribution in [1.29, 1.82) is 0 Å². The number of piperidine rings is 1. The lowest BCUT2D eigenvalue weighted by Gasteiger charge is -2.31. The van der Waals surface area contributed by atoms with Crippen LogP contribution < -0.4 is 9.47 Å². The summed E-state index contributed by atoms with van der Waals surface area (Å²) >= 11 is 0. The molecule has 9 heteroatoms. The highest BCUT2D eigenvalue weighted by Gasteiger charge is 2.33. The van der Waals surface area contributed by atoms with E-state index in [4.69, 9.17) is 9.47 Å². The number of rotatable bonds is 5. The third-order valence-corrected chi connectivity index (χ3v) is 6.20. The summed E-state index contributed by atoms with van der Waals surface area (Å²) in [5, 5.41) is 0. The first kappa shape index (κ1) is 19.5. The Hall–Kier alpha value is -2.26. The number of hydrogen-bond donors (Lipinski definition) is 0. The molecule has 0 N–H and O–H groups in total. The van der Waals surface area contributed by atoms with Crippen LogP contribution in [-0.2, 0) is 10.0 Å². The lowest BCUT2D eigenvalue weighted by molar-refractivity contribution is 0.118. The van der Waals surface area contributed by atoms with E-state index in [1.54, 1.807) is 0 Å². The fourth-order valence-corrected chi connectivity index (χ4v) is 4.78. The number of sulfonamides is 1. The summed E-state index contributed by atoms with van der Waals surface area (Å²) < 4.78 is 51.9. The first-order valence-electron chi connectivity index (χ1n) is 8.62. The standard InChI is InChI=1S/C18H22FN3O4S/c1-12-9-13(2)21-18(20-12)26-15-5-4-8-22(11-15)27(23,24)17-10-14(19)6-7-16(17)25-3/h6-7,9-10,15H,4-5,8,11H2,1-3H3. The van der Waals surface area contributed by atoms with Crippen LogP contribution in [0.25, 0.3) is 0 Å². The van der Waals surface area contributed by atoms with Gasteiger partial charge in [-0.15, -0.1) is 0 Å². The van der Waals surface area contributed by atoms with Crippen molar-refractivity contribution < 1.29 is 22.3 Å². The highest BCUT2D eigenvalue weighted by molar-refractivity contribution is 7.89. The summed E-state index contributed by atoms with van der Waals surface area (Å²) in [7, 11) is -2.57. The first-order chi connectivity index (χ1) is 12.8. The Morgan fingerprint density at radius 2 is 1.89 bits per heavy atom. The van der Waals surface area contributed by atoms with Gasteiger partial charge in [0.15, 0.2) is 0 Å². The fourth-order valence-electron chi connectivity index (χ4n) is 3.11. The average Bonchev–Trinajstić information content (AvgIpc) is 2.61. The Kier molecular flexibility index (Phi) is 5.61. The van der Waals surface area contributed by atoms with Crippen LogP contribution in [0.3, 0.4) is 0 Å². The predicted octanol–water partition coefficient (Wildman–Crippen LogP) is 2.47. The molecule has 0 spiro atoms. The van der Waals surface area contributed by atoms with Crippen molar-refractivity contribution >= 4 is 10.0 Å². The van der Waals surface area contributed by atoms with Crippen LogP contribution >= 0.6 is 0 Å². The van der Waals surface area contributed by atoms with E-state index < -0.39 is 15.8 Å². The maximum Gasteiger partial charge on any atom is 0.317 e. The van der Waals surface area contributed by atoms with Gasteiger partial charge < -0.3 is 9.47 Å². The smallest absolute Gasteiger partial charge is 0.317 e. The normalized spacial score (nSPS) is 18.3. The van der Waals surface area contributed by atoms with Crippen molar-refractivity contribution in [3.05, 3.63) is 41.5 Å². The van der Waals surface area contributed by atoms with E-state index in [9.17, 15) is 12.8 Å². The van der Waals surface area contributed by atoms with E-state index in [2.05, 4.69) is 9.97 Å². The van der Waals surface area contributed by atoms with Crippen LogP contribution in [0.2, 0.25) is 0 Å². The third-order valence-electron chi connectivity index (χ3n) is 4.32. The van der Waals surface area contributed by atoms with Crippen molar-refractivity contribution in [2.75, 3.05) is 20.2 Å². The molecule has 1 aromatic heterocycles. The van der Waals surface area contributed by atoms with Crippen molar-refractivity contribution in [1.82, 2.24) is 14.3 Å². The average molecular weight is 395 g/mol. The molecule has 146 valence electrons. The third kappa shape index (κ3) is 4.36. The molecule has 2 aromatic rings. The molecule has 1 saturated heterocycles. The molecule has 27 heavy (non-hydrogen) atoms. The molecule has 1 unspecified atom stereocenters. The second kappa shape index (κ2) is 7.77. The predicted molar refractivity (Wildman–Crippen MR) is 96.9 cm³/mol. The topological polar surface area (TPSA) is 81.6 Å². The number of methoxy groups -OCH3 is 1. The molecule has 2 heterocycles. The summed E-state index contributed by atoms with van der Waals surface area (Å²) in [6, 6.07) is 5.52. The molecule has 0 aliphatic carbocycles. The zero-order valence-corrected chi connectivity index (χ0v) is 16.3. The van der Waals surface area contributed by atoms with Gasteiger partial charge in [-0.05, 0) is 51.0 Å². The molecule has 0 saturated carbocycles. The van der Waals surface area contributed by atoms with Crippen molar-refractivity contribution in [3.63, 3.8) is 0 Å². The number of aryl methyl sites for hydroxylation is 2.